The van der Waals surface area contributed by atoms with Crippen LogP contribution < -0.4 is 11.1 Å². The number of carbonyl (C=O) groups excluding carboxylic acids is 1. The number of nitrogens with zero attached hydrogens (tertiary/aromatic N) is 2. The van der Waals surface area contributed by atoms with Gasteiger partial charge in [-0.1, -0.05) is 0 Å². The van der Waals surface area contributed by atoms with E-state index in [9.17, 15) is 4.79 Å². The molecule has 3 N–H and O–H groups in total. The minimum Gasteiger partial charge on any atom is -0.342 e. The standard InChI is InChI=1S/C12H16N4OS2/c1-6-4-14-12(19-6)8(3)15-10(17)9-5-18-11(16-9)7(2)13/h4-5,7-8H,13H2,1-3H3,(H,15,17). The third-order valence-electron chi connectivity index (χ3n) is 2.50. The Kier molecular flexibility index (Phi) is 4.28. The lowest BCUT2D eigenvalue weighted by Gasteiger charge is -2.09. The third kappa shape index (κ3) is 3.37. The number of amides is 1. The van der Waals surface area contributed by atoms with Crippen molar-refractivity contribution in [2.24, 2.45) is 5.73 Å². The van der Waals surface area contributed by atoms with Crippen molar-refractivity contribution in [2.75, 3.05) is 0 Å². The first-order valence-electron chi connectivity index (χ1n) is 5.91. The zero-order chi connectivity index (χ0) is 14.0. The Morgan fingerprint density at radius 1 is 1.42 bits per heavy atom. The molecule has 2 unspecified atom stereocenters. The van der Waals surface area contributed by atoms with E-state index in [0.717, 1.165) is 14.9 Å². The molecular weight excluding hydrogens is 280 g/mol. The van der Waals surface area contributed by atoms with Gasteiger partial charge < -0.3 is 11.1 Å². The fourth-order valence-corrected chi connectivity index (χ4v) is 3.04. The van der Waals surface area contributed by atoms with Crippen LogP contribution in [0, 0.1) is 6.92 Å². The normalized spacial score (nSPS) is 14.1. The van der Waals surface area contributed by atoms with Crippen LogP contribution in [0.2, 0.25) is 0 Å². The Balaban J connectivity index is 2.04. The highest BCUT2D eigenvalue weighted by molar-refractivity contribution is 7.11. The van der Waals surface area contributed by atoms with Crippen LogP contribution in [-0.2, 0) is 0 Å². The molecule has 19 heavy (non-hydrogen) atoms. The van der Waals surface area contributed by atoms with Gasteiger partial charge in [0.2, 0.25) is 0 Å². The highest BCUT2D eigenvalue weighted by Gasteiger charge is 2.17. The van der Waals surface area contributed by atoms with Gasteiger partial charge in [0.05, 0.1) is 12.1 Å². The van der Waals surface area contributed by atoms with Crippen LogP contribution in [0.5, 0.6) is 0 Å². The molecule has 2 aromatic rings. The number of aromatic nitrogens is 2. The van der Waals surface area contributed by atoms with Crippen LogP contribution in [0.4, 0.5) is 0 Å². The molecule has 2 atom stereocenters. The summed E-state index contributed by atoms with van der Waals surface area (Å²) in [6.07, 6.45) is 1.81. The smallest absolute Gasteiger partial charge is 0.271 e. The van der Waals surface area contributed by atoms with E-state index in [1.54, 1.807) is 22.9 Å². The Labute approximate surface area is 119 Å². The van der Waals surface area contributed by atoms with Crippen molar-refractivity contribution in [1.82, 2.24) is 15.3 Å². The van der Waals surface area contributed by atoms with Crippen molar-refractivity contribution in [2.45, 2.75) is 32.9 Å². The minimum atomic E-state index is -0.191. The lowest BCUT2D eigenvalue weighted by Crippen LogP contribution is -2.27. The maximum Gasteiger partial charge on any atom is 0.271 e. The number of hydrogen-bond acceptors (Lipinski definition) is 6. The number of hydrogen-bond donors (Lipinski definition) is 2. The fourth-order valence-electron chi connectivity index (χ4n) is 1.51. The number of nitrogens with one attached hydrogen (secondary N) is 1. The van der Waals surface area contributed by atoms with Crippen LogP contribution in [0.25, 0.3) is 0 Å². The second-order valence-corrected chi connectivity index (χ2v) is 6.52. The van der Waals surface area contributed by atoms with E-state index in [-0.39, 0.29) is 18.0 Å². The van der Waals surface area contributed by atoms with E-state index >= 15 is 0 Å². The van der Waals surface area contributed by atoms with Crippen molar-refractivity contribution in [3.05, 3.63) is 32.2 Å². The topological polar surface area (TPSA) is 80.9 Å². The second-order valence-electron chi connectivity index (χ2n) is 4.36. The molecule has 1 amide bonds. The molecule has 2 rings (SSSR count). The minimum absolute atomic E-state index is 0.119. The number of rotatable bonds is 4. The highest BCUT2D eigenvalue weighted by atomic mass is 32.1. The summed E-state index contributed by atoms with van der Waals surface area (Å²) < 4.78 is 0. The van der Waals surface area contributed by atoms with Gasteiger partial charge >= 0.3 is 0 Å². The summed E-state index contributed by atoms with van der Waals surface area (Å²) in [5.74, 6) is -0.191. The van der Waals surface area contributed by atoms with Gasteiger partial charge in [-0.2, -0.15) is 0 Å². The van der Waals surface area contributed by atoms with Crippen LogP contribution in [-0.4, -0.2) is 15.9 Å². The first-order valence-corrected chi connectivity index (χ1v) is 7.61. The molecule has 0 saturated heterocycles. The maximum absolute atomic E-state index is 12.0. The summed E-state index contributed by atoms with van der Waals surface area (Å²) in [5.41, 5.74) is 6.14. The van der Waals surface area contributed by atoms with Gasteiger partial charge in [0, 0.05) is 16.5 Å². The molecule has 2 aromatic heterocycles. The molecule has 5 nitrogen and oxygen atoms in total. The van der Waals surface area contributed by atoms with Gasteiger partial charge in [-0.05, 0) is 20.8 Å². The van der Waals surface area contributed by atoms with E-state index in [4.69, 9.17) is 5.73 Å². The number of aryl methyl sites for hydroxylation is 1. The lowest BCUT2D eigenvalue weighted by molar-refractivity contribution is 0.0935. The van der Waals surface area contributed by atoms with Gasteiger partial charge in [-0.25, -0.2) is 9.97 Å². The zero-order valence-electron chi connectivity index (χ0n) is 11.0. The molecule has 0 aliphatic heterocycles. The summed E-state index contributed by atoms with van der Waals surface area (Å²) in [6, 6.07) is -0.266. The first kappa shape index (κ1) is 14.1. The summed E-state index contributed by atoms with van der Waals surface area (Å²) in [6.45, 7) is 5.75. The molecule has 7 heteroatoms. The zero-order valence-corrected chi connectivity index (χ0v) is 12.6. The first-order chi connectivity index (χ1) is 8.97. The van der Waals surface area contributed by atoms with Gasteiger partial charge in [0.15, 0.2) is 0 Å². The van der Waals surface area contributed by atoms with Crippen molar-refractivity contribution >= 4 is 28.6 Å². The van der Waals surface area contributed by atoms with Crippen LogP contribution in [0.15, 0.2) is 11.6 Å². The molecule has 0 aliphatic rings. The Morgan fingerprint density at radius 2 is 2.16 bits per heavy atom. The van der Waals surface area contributed by atoms with E-state index < -0.39 is 0 Å². The van der Waals surface area contributed by atoms with Crippen molar-refractivity contribution in [3.8, 4) is 0 Å². The van der Waals surface area contributed by atoms with Crippen molar-refractivity contribution in [1.29, 1.82) is 0 Å². The molecule has 0 aromatic carbocycles. The van der Waals surface area contributed by atoms with E-state index in [2.05, 4.69) is 15.3 Å². The van der Waals surface area contributed by atoms with Crippen molar-refractivity contribution < 1.29 is 4.79 Å². The monoisotopic (exact) mass is 296 g/mol. The molecular formula is C12H16N4OS2. The van der Waals surface area contributed by atoms with Gasteiger partial charge in [-0.3, -0.25) is 4.79 Å². The van der Waals surface area contributed by atoms with E-state index in [0.29, 0.717) is 5.69 Å². The molecule has 0 bridgehead atoms. The predicted molar refractivity (Wildman–Crippen MR) is 77.4 cm³/mol. The van der Waals surface area contributed by atoms with Crippen molar-refractivity contribution in [3.63, 3.8) is 0 Å². The summed E-state index contributed by atoms with van der Waals surface area (Å²) in [4.78, 5) is 21.7. The predicted octanol–water partition coefficient (Wildman–Crippen LogP) is 2.42. The molecule has 102 valence electrons. The van der Waals surface area contributed by atoms with Crippen LogP contribution in [0.3, 0.4) is 0 Å². The Morgan fingerprint density at radius 3 is 2.68 bits per heavy atom. The average molecular weight is 296 g/mol. The molecule has 2 heterocycles. The summed E-state index contributed by atoms with van der Waals surface area (Å²) in [5, 5.41) is 6.28. The average Bonchev–Trinajstić information content (AvgIpc) is 2.96. The maximum atomic E-state index is 12.0. The molecule has 0 fully saturated rings. The van der Waals surface area contributed by atoms with Gasteiger partial charge in [0.25, 0.3) is 5.91 Å². The van der Waals surface area contributed by atoms with Gasteiger partial charge in [-0.15, -0.1) is 22.7 Å². The Bertz CT molecular complexity index is 576. The SMILES string of the molecule is Cc1cnc(C(C)NC(=O)c2csc(C(C)N)n2)s1. The van der Waals surface area contributed by atoms with Crippen LogP contribution in [0.1, 0.15) is 51.3 Å². The quantitative estimate of drug-likeness (QED) is 0.908. The molecule has 0 aliphatic carbocycles. The number of carbonyl (C=O) groups is 1. The molecule has 0 spiro atoms. The number of thiazole rings is 2. The largest absolute Gasteiger partial charge is 0.342 e. The molecule has 0 radical (unpaired) electrons. The second kappa shape index (κ2) is 5.77. The van der Waals surface area contributed by atoms with Crippen LogP contribution >= 0.6 is 22.7 Å². The Hall–Kier alpha value is -1.31. The van der Waals surface area contributed by atoms with E-state index in [1.807, 2.05) is 20.8 Å². The third-order valence-corrected chi connectivity index (χ3v) is 4.64. The van der Waals surface area contributed by atoms with Gasteiger partial charge in [0.1, 0.15) is 15.7 Å². The number of nitrogens with two attached hydrogens (primary N) is 1. The summed E-state index contributed by atoms with van der Waals surface area (Å²) in [7, 11) is 0. The molecule has 0 saturated carbocycles. The van der Waals surface area contributed by atoms with E-state index in [1.165, 1.54) is 11.3 Å². The fraction of sp³-hybridized carbons (Fsp3) is 0.417. The highest BCUT2D eigenvalue weighted by Crippen LogP contribution is 2.20. The summed E-state index contributed by atoms with van der Waals surface area (Å²) >= 11 is 2.98. The lowest BCUT2D eigenvalue weighted by atomic mass is 10.3.